The fourth-order valence-corrected chi connectivity index (χ4v) is 2.44. The molecule has 0 spiro atoms. The van der Waals surface area contributed by atoms with Crippen molar-refractivity contribution < 1.29 is 19.1 Å². The molecule has 26 heavy (non-hydrogen) atoms. The molecule has 0 unspecified atom stereocenters. The Kier molecular flexibility index (Phi) is 5.04. The van der Waals surface area contributed by atoms with Gasteiger partial charge in [0.25, 0.3) is 0 Å². The number of hydrogen-bond donors (Lipinski definition) is 0. The van der Waals surface area contributed by atoms with Gasteiger partial charge in [-0.2, -0.15) is 0 Å². The maximum absolute atomic E-state index is 12.4. The minimum Gasteiger partial charge on any atom is -0.423 e. The van der Waals surface area contributed by atoms with Gasteiger partial charge in [-0.05, 0) is 43.3 Å². The van der Waals surface area contributed by atoms with Crippen LogP contribution in [-0.4, -0.2) is 17.5 Å². The molecule has 3 aromatic carbocycles. The Morgan fingerprint density at radius 3 is 1.69 bits per heavy atom. The molecule has 3 rings (SSSR count). The Morgan fingerprint density at radius 1 is 0.615 bits per heavy atom. The Bertz CT molecular complexity index is 940. The van der Waals surface area contributed by atoms with Gasteiger partial charge in [-0.15, -0.1) is 0 Å². The fraction of sp³-hybridized carbons (Fsp3) is 0.0455. The summed E-state index contributed by atoms with van der Waals surface area (Å²) in [6.45, 7) is 1.47. The minimum absolute atomic E-state index is 0.0541. The first-order valence-corrected chi connectivity index (χ1v) is 8.07. The zero-order valence-corrected chi connectivity index (χ0v) is 14.1. The molecular weight excluding hydrogens is 328 g/mol. The molecule has 0 saturated heterocycles. The van der Waals surface area contributed by atoms with E-state index >= 15 is 0 Å². The molecule has 4 nitrogen and oxygen atoms in total. The molecule has 0 N–H and O–H groups in total. The third kappa shape index (κ3) is 3.92. The number of hydrogen-bond acceptors (Lipinski definition) is 4. The van der Waals surface area contributed by atoms with Gasteiger partial charge in [0.05, 0.1) is 5.56 Å². The van der Waals surface area contributed by atoms with Crippen LogP contribution in [0.2, 0.25) is 0 Å². The van der Waals surface area contributed by atoms with Crippen molar-refractivity contribution in [2.45, 2.75) is 6.92 Å². The normalized spacial score (nSPS) is 10.2. The number of ketones is 2. The Labute approximate surface area is 151 Å². The topological polar surface area (TPSA) is 60.4 Å². The van der Waals surface area contributed by atoms with Crippen molar-refractivity contribution in [2.24, 2.45) is 0 Å². The third-order valence-corrected chi connectivity index (χ3v) is 3.89. The third-order valence-electron chi connectivity index (χ3n) is 3.89. The maximum Gasteiger partial charge on any atom is 0.343 e. The van der Waals surface area contributed by atoms with Gasteiger partial charge in [0, 0.05) is 16.7 Å². The van der Waals surface area contributed by atoms with Crippen LogP contribution in [0.5, 0.6) is 5.75 Å². The molecule has 0 aliphatic rings. The zero-order valence-electron chi connectivity index (χ0n) is 14.1. The smallest absolute Gasteiger partial charge is 0.343 e. The fourth-order valence-electron chi connectivity index (χ4n) is 2.44. The summed E-state index contributed by atoms with van der Waals surface area (Å²) in [6.07, 6.45) is 0. The first kappa shape index (κ1) is 17.3. The Balaban J connectivity index is 1.71. The van der Waals surface area contributed by atoms with Crippen LogP contribution in [0.25, 0.3) is 0 Å². The van der Waals surface area contributed by atoms with E-state index in [4.69, 9.17) is 4.74 Å². The number of carbonyl (C=O) groups is 3. The van der Waals surface area contributed by atoms with Crippen molar-refractivity contribution in [3.63, 3.8) is 0 Å². The van der Waals surface area contributed by atoms with Gasteiger partial charge >= 0.3 is 5.97 Å². The molecule has 0 aliphatic carbocycles. The number of benzene rings is 3. The van der Waals surface area contributed by atoms with E-state index in [9.17, 15) is 14.4 Å². The summed E-state index contributed by atoms with van der Waals surface area (Å²) >= 11 is 0. The van der Waals surface area contributed by atoms with Crippen LogP contribution in [0.1, 0.15) is 43.6 Å². The monoisotopic (exact) mass is 344 g/mol. The predicted molar refractivity (Wildman–Crippen MR) is 97.7 cm³/mol. The van der Waals surface area contributed by atoms with Crippen LogP contribution in [0.4, 0.5) is 0 Å². The lowest BCUT2D eigenvalue weighted by molar-refractivity contribution is 0.0734. The first-order valence-electron chi connectivity index (χ1n) is 8.07. The number of carbonyl (C=O) groups excluding carboxylic acids is 3. The molecule has 0 saturated carbocycles. The average Bonchev–Trinajstić information content (AvgIpc) is 2.68. The minimum atomic E-state index is -0.528. The second-order valence-corrected chi connectivity index (χ2v) is 5.74. The maximum atomic E-state index is 12.4. The second-order valence-electron chi connectivity index (χ2n) is 5.74. The van der Waals surface area contributed by atoms with E-state index in [1.54, 1.807) is 72.8 Å². The van der Waals surface area contributed by atoms with Crippen LogP contribution in [0, 0.1) is 0 Å². The lowest BCUT2D eigenvalue weighted by Gasteiger charge is -2.06. The van der Waals surface area contributed by atoms with E-state index in [2.05, 4.69) is 0 Å². The summed E-state index contributed by atoms with van der Waals surface area (Å²) in [5.41, 5.74) is 1.98. The van der Waals surface area contributed by atoms with Crippen LogP contribution >= 0.6 is 0 Å². The van der Waals surface area contributed by atoms with Gasteiger partial charge in [0.1, 0.15) is 5.75 Å². The number of rotatable bonds is 5. The van der Waals surface area contributed by atoms with Gasteiger partial charge < -0.3 is 4.74 Å². The van der Waals surface area contributed by atoms with Crippen LogP contribution in [0.3, 0.4) is 0 Å². The van der Waals surface area contributed by atoms with E-state index in [0.29, 0.717) is 28.0 Å². The molecule has 3 aromatic rings. The van der Waals surface area contributed by atoms with Crippen molar-refractivity contribution >= 4 is 17.5 Å². The van der Waals surface area contributed by atoms with Crippen LogP contribution < -0.4 is 4.74 Å². The summed E-state index contributed by atoms with van der Waals surface area (Å²) in [6, 6.07) is 21.6. The highest BCUT2D eigenvalue weighted by Gasteiger charge is 2.12. The molecule has 0 amide bonds. The predicted octanol–water partition coefficient (Wildman–Crippen LogP) is 4.34. The van der Waals surface area contributed by atoms with Crippen LogP contribution in [0.15, 0.2) is 78.9 Å². The van der Waals surface area contributed by atoms with Crippen LogP contribution in [-0.2, 0) is 0 Å². The van der Waals surface area contributed by atoms with E-state index in [-0.39, 0.29) is 11.6 Å². The zero-order chi connectivity index (χ0) is 18.5. The van der Waals surface area contributed by atoms with Crippen molar-refractivity contribution in [1.29, 1.82) is 0 Å². The largest absolute Gasteiger partial charge is 0.423 e. The molecule has 0 bridgehead atoms. The molecular formula is C22H16O4. The molecule has 0 aromatic heterocycles. The standard InChI is InChI=1S/C22H16O4/c1-15(23)16-11-13-20(14-12-16)26-22(25)19-9-7-18(8-10-19)21(24)17-5-3-2-4-6-17/h2-14H,1H3. The van der Waals surface area contributed by atoms with Crippen molar-refractivity contribution in [3.05, 3.63) is 101 Å². The lowest BCUT2D eigenvalue weighted by Crippen LogP contribution is -2.09. The van der Waals surface area contributed by atoms with E-state index < -0.39 is 5.97 Å². The van der Waals surface area contributed by atoms with Gasteiger partial charge in [-0.3, -0.25) is 9.59 Å². The second kappa shape index (κ2) is 7.57. The van der Waals surface area contributed by atoms with E-state index in [1.807, 2.05) is 6.07 Å². The summed E-state index contributed by atoms with van der Waals surface area (Å²) in [5, 5.41) is 0. The lowest BCUT2D eigenvalue weighted by atomic mass is 10.0. The highest BCUT2D eigenvalue weighted by Crippen LogP contribution is 2.16. The first-order chi connectivity index (χ1) is 12.5. The SMILES string of the molecule is CC(=O)c1ccc(OC(=O)c2ccc(C(=O)c3ccccc3)cc2)cc1. The number of Topliss-reactive ketones (excluding diaryl/α,β-unsaturated/α-hetero) is 1. The highest BCUT2D eigenvalue weighted by atomic mass is 16.5. The molecule has 0 aliphatic heterocycles. The Morgan fingerprint density at radius 2 is 1.12 bits per heavy atom. The van der Waals surface area contributed by atoms with Gasteiger partial charge in [0.2, 0.25) is 0 Å². The number of ether oxygens (including phenoxy) is 1. The summed E-state index contributed by atoms with van der Waals surface area (Å²) in [5.74, 6) is -0.337. The molecule has 0 atom stereocenters. The summed E-state index contributed by atoms with van der Waals surface area (Å²) in [4.78, 5) is 35.8. The summed E-state index contributed by atoms with van der Waals surface area (Å²) < 4.78 is 5.28. The van der Waals surface area contributed by atoms with Crippen molar-refractivity contribution in [2.75, 3.05) is 0 Å². The average molecular weight is 344 g/mol. The molecule has 4 heteroatoms. The summed E-state index contributed by atoms with van der Waals surface area (Å²) in [7, 11) is 0. The van der Waals surface area contributed by atoms with Gasteiger partial charge in [-0.1, -0.05) is 42.5 Å². The highest BCUT2D eigenvalue weighted by molar-refractivity contribution is 6.09. The van der Waals surface area contributed by atoms with Gasteiger partial charge in [-0.25, -0.2) is 4.79 Å². The van der Waals surface area contributed by atoms with E-state index in [0.717, 1.165) is 0 Å². The molecule has 0 radical (unpaired) electrons. The van der Waals surface area contributed by atoms with Crippen molar-refractivity contribution in [3.8, 4) is 5.75 Å². The van der Waals surface area contributed by atoms with E-state index in [1.165, 1.54) is 6.92 Å². The molecule has 0 fully saturated rings. The molecule has 0 heterocycles. The quantitative estimate of drug-likeness (QED) is 0.392. The Hall–Kier alpha value is -3.53. The molecule has 128 valence electrons. The van der Waals surface area contributed by atoms with Gasteiger partial charge in [0.15, 0.2) is 11.6 Å². The van der Waals surface area contributed by atoms with Crippen molar-refractivity contribution in [1.82, 2.24) is 0 Å². The number of esters is 1.